The number of nitrogens with one attached hydrogen (secondary N) is 2. The summed E-state index contributed by atoms with van der Waals surface area (Å²) in [7, 11) is 0. The van der Waals surface area contributed by atoms with Crippen molar-refractivity contribution in [2.24, 2.45) is 4.99 Å². The van der Waals surface area contributed by atoms with Crippen molar-refractivity contribution in [1.29, 1.82) is 5.26 Å². The van der Waals surface area contributed by atoms with E-state index in [1.807, 2.05) is 0 Å². The number of aliphatic imine (C=N–C) groups is 1. The Bertz CT molecular complexity index is 1120. The van der Waals surface area contributed by atoms with Crippen LogP contribution in [0.4, 0.5) is 0 Å². The average Bonchev–Trinajstić information content (AvgIpc) is 2.84. The molecule has 0 bridgehead atoms. The molecule has 0 radical (unpaired) electrons. The molecule has 2 N–H and O–H groups in total. The molecule has 2 fully saturated rings. The minimum atomic E-state index is -1.46. The fourth-order valence-corrected chi connectivity index (χ4v) is 4.12. The monoisotopic (exact) mass is 600 g/mol. The summed E-state index contributed by atoms with van der Waals surface area (Å²) in [6.45, 7) is 5.89. The molecule has 0 aromatic heterocycles. The Balaban J connectivity index is 2.46. The number of hydrogen-bond donors (Lipinski definition) is 2. The molecule has 232 valence electrons. The lowest BCUT2D eigenvalue weighted by molar-refractivity contribution is -0.228. The minimum absolute atomic E-state index is 0.332. The number of nitrogens with zero attached hydrogens (tertiary/aromatic N) is 2. The van der Waals surface area contributed by atoms with Gasteiger partial charge in [0.05, 0.1) is 13.2 Å². The van der Waals surface area contributed by atoms with Gasteiger partial charge < -0.3 is 43.2 Å². The Labute approximate surface area is 239 Å². The number of rotatable bonds is 8. The second kappa shape index (κ2) is 15.5. The van der Waals surface area contributed by atoms with Gasteiger partial charge in [-0.3, -0.25) is 34.1 Å². The van der Waals surface area contributed by atoms with Crippen LogP contribution in [0.2, 0.25) is 0 Å². The first-order valence-electron chi connectivity index (χ1n) is 12.5. The van der Waals surface area contributed by atoms with Gasteiger partial charge in [0.1, 0.15) is 0 Å². The highest BCUT2D eigenvalue weighted by atomic mass is 16.7. The largest absolute Gasteiger partial charge is 0.456 e. The van der Waals surface area contributed by atoms with E-state index in [1.165, 1.54) is 0 Å². The van der Waals surface area contributed by atoms with Crippen molar-refractivity contribution in [3.05, 3.63) is 0 Å². The SMILES string of the molecule is CC(=O)O[C@@H]1[C@H](OC(C)=O)[C@H](OC(C)=O)CO[C@H]1/N=C(\NC#N)N[C@@H]1OC[C@@H](OC(C)=O)[C@@H](OC(C)=O)[C@H]1OC(C)=O. The summed E-state index contributed by atoms with van der Waals surface area (Å²) >= 11 is 0. The van der Waals surface area contributed by atoms with Crippen molar-refractivity contribution in [2.75, 3.05) is 13.2 Å². The lowest BCUT2D eigenvalue weighted by atomic mass is 10.0. The highest BCUT2D eigenvalue weighted by Gasteiger charge is 2.49. The molecule has 18 nitrogen and oxygen atoms in total. The van der Waals surface area contributed by atoms with E-state index in [9.17, 15) is 34.0 Å². The third-order valence-corrected chi connectivity index (χ3v) is 5.38. The molecule has 0 saturated carbocycles. The number of esters is 6. The van der Waals surface area contributed by atoms with E-state index in [2.05, 4.69) is 15.6 Å². The molecule has 0 spiro atoms. The van der Waals surface area contributed by atoms with Crippen LogP contribution in [0.15, 0.2) is 4.99 Å². The summed E-state index contributed by atoms with van der Waals surface area (Å²) in [5.41, 5.74) is 0. The van der Waals surface area contributed by atoms with E-state index in [-0.39, 0.29) is 19.2 Å². The van der Waals surface area contributed by atoms with Gasteiger partial charge in [-0.25, -0.2) is 4.99 Å². The highest BCUT2D eigenvalue weighted by Crippen LogP contribution is 2.26. The number of guanidine groups is 1. The van der Waals surface area contributed by atoms with E-state index in [4.69, 9.17) is 37.9 Å². The third kappa shape index (κ3) is 10.2. The fourth-order valence-electron chi connectivity index (χ4n) is 4.12. The molecule has 8 atom stereocenters. The van der Waals surface area contributed by atoms with Crippen LogP contribution >= 0.6 is 0 Å². The van der Waals surface area contributed by atoms with Crippen molar-refractivity contribution < 1.29 is 66.7 Å². The molecule has 2 heterocycles. The number of nitriles is 1. The van der Waals surface area contributed by atoms with Gasteiger partial charge in [-0.1, -0.05) is 0 Å². The van der Waals surface area contributed by atoms with Crippen molar-refractivity contribution >= 4 is 41.8 Å². The van der Waals surface area contributed by atoms with E-state index < -0.39 is 84.9 Å². The Morgan fingerprint density at radius 1 is 0.643 bits per heavy atom. The van der Waals surface area contributed by atoms with Crippen LogP contribution in [-0.4, -0.2) is 104 Å². The van der Waals surface area contributed by atoms with Gasteiger partial charge in [-0.05, 0) is 0 Å². The maximum Gasteiger partial charge on any atom is 0.303 e. The van der Waals surface area contributed by atoms with Gasteiger partial charge in [-0.2, -0.15) is 5.26 Å². The van der Waals surface area contributed by atoms with Crippen LogP contribution in [0.25, 0.3) is 0 Å². The molecule has 0 aromatic rings. The van der Waals surface area contributed by atoms with E-state index in [0.29, 0.717) is 0 Å². The zero-order valence-corrected chi connectivity index (χ0v) is 23.6. The molecule has 2 aliphatic heterocycles. The van der Waals surface area contributed by atoms with Gasteiger partial charge in [0.15, 0.2) is 55.3 Å². The number of carbonyl (C=O) groups is 6. The van der Waals surface area contributed by atoms with E-state index in [0.717, 1.165) is 41.5 Å². The first-order valence-corrected chi connectivity index (χ1v) is 12.5. The van der Waals surface area contributed by atoms with Gasteiger partial charge in [-0.15, -0.1) is 0 Å². The number of carbonyl (C=O) groups excluding carboxylic acids is 6. The van der Waals surface area contributed by atoms with Crippen LogP contribution < -0.4 is 10.6 Å². The first-order chi connectivity index (χ1) is 19.7. The molecule has 42 heavy (non-hydrogen) atoms. The molecule has 2 saturated heterocycles. The lowest BCUT2D eigenvalue weighted by Gasteiger charge is -2.41. The Kier molecular flexibility index (Phi) is 12.4. The fraction of sp³-hybridized carbons (Fsp3) is 0.667. The van der Waals surface area contributed by atoms with Crippen LogP contribution in [0.3, 0.4) is 0 Å². The summed E-state index contributed by atoms with van der Waals surface area (Å²) in [4.78, 5) is 74.9. The van der Waals surface area contributed by atoms with Crippen LogP contribution in [0, 0.1) is 11.5 Å². The summed E-state index contributed by atoms with van der Waals surface area (Å²) in [5.74, 6) is -5.02. The minimum Gasteiger partial charge on any atom is -0.456 e. The van der Waals surface area contributed by atoms with Crippen molar-refractivity contribution in [3.63, 3.8) is 0 Å². The zero-order chi connectivity index (χ0) is 31.6. The molecule has 0 aromatic carbocycles. The van der Waals surface area contributed by atoms with E-state index >= 15 is 0 Å². The molecule has 0 unspecified atom stereocenters. The Hall–Kier alpha value is -4.50. The summed E-state index contributed by atoms with van der Waals surface area (Å²) < 4.78 is 42.8. The maximum absolute atomic E-state index is 11.9. The Morgan fingerprint density at radius 3 is 1.50 bits per heavy atom. The average molecular weight is 601 g/mol. The van der Waals surface area contributed by atoms with E-state index in [1.54, 1.807) is 6.19 Å². The molecular weight excluding hydrogens is 568 g/mol. The summed E-state index contributed by atoms with van der Waals surface area (Å²) in [6, 6.07) is 0. The topological polar surface area (TPSA) is 236 Å². The van der Waals surface area contributed by atoms with Crippen molar-refractivity contribution in [2.45, 2.75) is 90.6 Å². The van der Waals surface area contributed by atoms with Crippen molar-refractivity contribution in [1.82, 2.24) is 10.6 Å². The smallest absolute Gasteiger partial charge is 0.303 e. The standard InChI is InChI=1S/C24H32N4O14/c1-10(29)37-16-7-35-22(20(41-14(5)33)18(16)39-12(3)31)27-24(26-9-25)28-23-21(42-15(6)34)19(40-13(4)32)17(8-36-23)38-11(2)30/h16-23H,7-8H2,1-6H3,(H2,26,27,28)/t16-,17-,18-,19-,20-,21-,22-,23-/m1/s1. The molecule has 18 heteroatoms. The zero-order valence-electron chi connectivity index (χ0n) is 23.6. The second-order valence-corrected chi connectivity index (χ2v) is 8.93. The number of ether oxygens (including phenoxy) is 8. The Morgan fingerprint density at radius 2 is 1.05 bits per heavy atom. The molecule has 2 rings (SSSR count). The third-order valence-electron chi connectivity index (χ3n) is 5.38. The first kappa shape index (κ1) is 33.7. The normalized spacial score (nSPS) is 29.0. The molecular formula is C24H32N4O14. The van der Waals surface area contributed by atoms with Crippen LogP contribution in [-0.2, 0) is 66.7 Å². The van der Waals surface area contributed by atoms with Crippen molar-refractivity contribution in [3.8, 4) is 6.19 Å². The van der Waals surface area contributed by atoms with Crippen LogP contribution in [0.5, 0.6) is 0 Å². The highest BCUT2D eigenvalue weighted by molar-refractivity contribution is 5.81. The van der Waals surface area contributed by atoms with Gasteiger partial charge in [0, 0.05) is 41.5 Å². The molecule has 2 aliphatic rings. The summed E-state index contributed by atoms with van der Waals surface area (Å²) in [6.07, 6.45) is -9.04. The molecule has 0 aliphatic carbocycles. The number of hydrogen-bond acceptors (Lipinski definition) is 16. The van der Waals surface area contributed by atoms with Crippen LogP contribution in [0.1, 0.15) is 41.5 Å². The quantitative estimate of drug-likeness (QED) is 0.0788. The van der Waals surface area contributed by atoms with Gasteiger partial charge in [0.25, 0.3) is 0 Å². The van der Waals surface area contributed by atoms with Gasteiger partial charge in [0.2, 0.25) is 5.96 Å². The maximum atomic E-state index is 11.9. The van der Waals surface area contributed by atoms with Gasteiger partial charge >= 0.3 is 35.8 Å². The summed E-state index contributed by atoms with van der Waals surface area (Å²) in [5, 5.41) is 14.3. The predicted molar refractivity (Wildman–Crippen MR) is 132 cm³/mol. The lowest BCUT2D eigenvalue weighted by Crippen LogP contribution is -2.63. The molecule has 0 amide bonds. The second-order valence-electron chi connectivity index (χ2n) is 8.93. The predicted octanol–water partition coefficient (Wildman–Crippen LogP) is -1.69.